The molecule has 1 aromatic heterocycles. The number of amides is 1. The average molecular weight is 536 g/mol. The van der Waals surface area contributed by atoms with E-state index in [-0.39, 0.29) is 35.6 Å². The van der Waals surface area contributed by atoms with Crippen LogP contribution in [0, 0.1) is 6.92 Å². The molecule has 3 aromatic rings. The molecule has 186 valence electrons. The summed E-state index contributed by atoms with van der Waals surface area (Å²) in [5.41, 5.74) is 0. The smallest absolute Gasteiger partial charge is 0.323 e. The minimum absolute atomic E-state index is 0.00743. The first-order chi connectivity index (χ1) is 16.6. The van der Waals surface area contributed by atoms with Crippen LogP contribution in [0.4, 0.5) is 0 Å². The molecule has 4 rings (SSSR count). The number of carboxylic acids is 1. The number of aliphatic carboxylic acids is 1. The zero-order chi connectivity index (χ0) is 25.2. The summed E-state index contributed by atoms with van der Waals surface area (Å²) >= 11 is 7.44. The molecule has 1 aliphatic heterocycles. The lowest BCUT2D eigenvalue weighted by molar-refractivity contribution is -0.137. The second kappa shape index (κ2) is 10.5. The van der Waals surface area contributed by atoms with Crippen LogP contribution in [-0.2, 0) is 26.0 Å². The van der Waals surface area contributed by atoms with Crippen molar-refractivity contribution in [1.29, 1.82) is 0 Å². The van der Waals surface area contributed by atoms with Gasteiger partial charge in [0.1, 0.15) is 6.54 Å². The molecule has 0 unspecified atom stereocenters. The Morgan fingerprint density at radius 3 is 2.54 bits per heavy atom. The van der Waals surface area contributed by atoms with Crippen molar-refractivity contribution in [1.82, 2.24) is 9.47 Å². The number of halogens is 1. The van der Waals surface area contributed by atoms with E-state index in [1.807, 2.05) is 6.92 Å². The van der Waals surface area contributed by atoms with Crippen LogP contribution in [0.15, 0.2) is 52.5 Å². The summed E-state index contributed by atoms with van der Waals surface area (Å²) in [7, 11) is -3.61. The van der Waals surface area contributed by atoms with Crippen LogP contribution in [0.1, 0.15) is 24.1 Å². The maximum absolute atomic E-state index is 12.8. The van der Waals surface area contributed by atoms with E-state index in [1.54, 1.807) is 52.1 Å². The Labute approximate surface area is 212 Å². The second-order valence-corrected chi connectivity index (χ2v) is 12.4. The molecule has 0 spiro atoms. The summed E-state index contributed by atoms with van der Waals surface area (Å²) < 4.78 is 27.3. The van der Waals surface area contributed by atoms with Gasteiger partial charge in [-0.15, -0.1) is 11.3 Å². The largest absolute Gasteiger partial charge is 0.480 e. The molecule has 8 nitrogen and oxygen atoms in total. The number of hydrogen-bond donors (Lipinski definition) is 1. The number of likely N-dealkylation sites (tertiary alicyclic amines) is 1. The van der Waals surface area contributed by atoms with Crippen LogP contribution in [0.3, 0.4) is 0 Å². The molecule has 0 saturated carbocycles. The van der Waals surface area contributed by atoms with Crippen LogP contribution in [0.25, 0.3) is 10.8 Å². The Kier molecular flexibility index (Phi) is 7.63. The van der Waals surface area contributed by atoms with Crippen LogP contribution in [0.2, 0.25) is 5.02 Å². The van der Waals surface area contributed by atoms with Crippen LogP contribution in [-0.4, -0.2) is 59.8 Å². The lowest BCUT2D eigenvalue weighted by Crippen LogP contribution is -2.40. The maximum Gasteiger partial charge on any atom is 0.323 e. The maximum atomic E-state index is 12.8. The van der Waals surface area contributed by atoms with Gasteiger partial charge in [0.05, 0.1) is 16.7 Å². The van der Waals surface area contributed by atoms with Crippen LogP contribution in [0.5, 0.6) is 0 Å². The van der Waals surface area contributed by atoms with Crippen molar-refractivity contribution in [3.8, 4) is 0 Å². The first kappa shape index (κ1) is 25.4. The molecule has 2 aromatic carbocycles. The fourth-order valence-electron chi connectivity index (χ4n) is 4.15. The predicted octanol–water partition coefficient (Wildman–Crippen LogP) is 3.50. The number of hydrogen-bond acceptors (Lipinski definition) is 6. The zero-order valence-electron chi connectivity index (χ0n) is 19.2. The van der Waals surface area contributed by atoms with Crippen molar-refractivity contribution in [3.05, 3.63) is 57.3 Å². The topological polar surface area (TPSA) is 109 Å². The fraction of sp³-hybridized carbons (Fsp3) is 0.375. The number of rotatable bonds is 7. The third kappa shape index (κ3) is 6.31. The molecule has 0 bridgehead atoms. The van der Waals surface area contributed by atoms with Gasteiger partial charge in [-0.3, -0.25) is 14.6 Å². The fourth-order valence-corrected chi connectivity index (χ4v) is 6.50. The summed E-state index contributed by atoms with van der Waals surface area (Å²) in [5.74, 6) is -1.36. The van der Waals surface area contributed by atoms with Gasteiger partial charge in [-0.05, 0) is 54.8 Å². The molecule has 0 aliphatic carbocycles. The van der Waals surface area contributed by atoms with E-state index >= 15 is 0 Å². The molecular weight excluding hydrogens is 510 g/mol. The standard InChI is InChI=1S/C24H26ClN3O5S2/c1-16-14-28(15-23(30)31)24(34-16)26-20-6-9-27(10-7-20)22(29)8-11-35(32,33)21-5-3-17-12-19(25)4-2-18(17)13-21/h2-5,12-14,20H,6-11,15H2,1H3,(H,30,31). The number of aromatic nitrogens is 1. The van der Waals surface area contributed by atoms with Gasteiger partial charge in [-0.25, -0.2) is 8.42 Å². The molecule has 35 heavy (non-hydrogen) atoms. The third-order valence-corrected chi connectivity index (χ3v) is 8.87. The summed E-state index contributed by atoms with van der Waals surface area (Å²) in [4.78, 5) is 32.0. The highest BCUT2D eigenvalue weighted by Crippen LogP contribution is 2.24. The molecule has 1 N–H and O–H groups in total. The number of sulfone groups is 1. The van der Waals surface area contributed by atoms with Crippen molar-refractivity contribution < 1.29 is 23.1 Å². The lowest BCUT2D eigenvalue weighted by Gasteiger charge is -2.30. The number of carboxylic acid groups (broad SMARTS) is 1. The number of aryl methyl sites for hydroxylation is 1. The molecule has 1 fully saturated rings. The Balaban J connectivity index is 1.35. The van der Waals surface area contributed by atoms with Crippen molar-refractivity contribution >= 4 is 55.4 Å². The Bertz CT molecular complexity index is 1440. The molecule has 1 aliphatic rings. The monoisotopic (exact) mass is 535 g/mol. The number of benzene rings is 2. The average Bonchev–Trinajstić information content (AvgIpc) is 3.15. The molecule has 2 heterocycles. The molecule has 0 atom stereocenters. The first-order valence-corrected chi connectivity index (χ1v) is 14.1. The minimum atomic E-state index is -3.61. The van der Waals surface area contributed by atoms with Gasteiger partial charge in [0.15, 0.2) is 14.6 Å². The van der Waals surface area contributed by atoms with Crippen LogP contribution < -0.4 is 4.80 Å². The van der Waals surface area contributed by atoms with Crippen molar-refractivity contribution in [2.24, 2.45) is 4.99 Å². The van der Waals surface area contributed by atoms with E-state index < -0.39 is 15.8 Å². The SMILES string of the molecule is Cc1cn(CC(=O)O)c(=NC2CCN(C(=O)CCS(=O)(=O)c3ccc4cc(Cl)ccc4c3)CC2)s1. The Hall–Kier alpha value is -2.69. The summed E-state index contributed by atoms with van der Waals surface area (Å²) in [6.07, 6.45) is 3.00. The van der Waals surface area contributed by atoms with Crippen LogP contribution >= 0.6 is 22.9 Å². The van der Waals surface area contributed by atoms with E-state index in [9.17, 15) is 18.0 Å². The molecule has 1 amide bonds. The third-order valence-electron chi connectivity index (χ3n) is 5.97. The highest BCUT2D eigenvalue weighted by Gasteiger charge is 2.25. The quantitative estimate of drug-likeness (QED) is 0.498. The lowest BCUT2D eigenvalue weighted by atomic mass is 10.1. The van der Waals surface area contributed by atoms with Gasteiger partial charge >= 0.3 is 5.97 Å². The van der Waals surface area contributed by atoms with Crippen molar-refractivity contribution in [2.45, 2.75) is 43.7 Å². The van der Waals surface area contributed by atoms with E-state index in [4.69, 9.17) is 21.7 Å². The minimum Gasteiger partial charge on any atom is -0.480 e. The van der Waals surface area contributed by atoms with Gasteiger partial charge in [-0.1, -0.05) is 23.7 Å². The van der Waals surface area contributed by atoms with E-state index in [0.29, 0.717) is 35.8 Å². The normalized spacial score (nSPS) is 15.6. The summed E-state index contributed by atoms with van der Waals surface area (Å²) in [5, 5.41) is 11.3. The number of carbonyl (C=O) groups excluding carboxylic acids is 1. The van der Waals surface area contributed by atoms with Gasteiger partial charge in [0.2, 0.25) is 5.91 Å². The molecule has 11 heteroatoms. The molecule has 0 radical (unpaired) electrons. The first-order valence-electron chi connectivity index (χ1n) is 11.2. The highest BCUT2D eigenvalue weighted by molar-refractivity contribution is 7.91. The predicted molar refractivity (Wildman–Crippen MR) is 135 cm³/mol. The second-order valence-electron chi connectivity index (χ2n) is 8.61. The summed E-state index contributed by atoms with van der Waals surface area (Å²) in [6, 6.07) is 10.1. The number of carbonyl (C=O) groups is 2. The van der Waals surface area contributed by atoms with Gasteiger partial charge in [0, 0.05) is 35.6 Å². The van der Waals surface area contributed by atoms with Gasteiger partial charge < -0.3 is 14.6 Å². The molecular formula is C24H26ClN3O5S2. The Morgan fingerprint density at radius 2 is 1.83 bits per heavy atom. The van der Waals surface area contributed by atoms with E-state index in [2.05, 4.69) is 0 Å². The number of thiazole rings is 1. The number of piperidine rings is 1. The Morgan fingerprint density at radius 1 is 1.14 bits per heavy atom. The number of nitrogens with zero attached hydrogens (tertiary/aromatic N) is 3. The van der Waals surface area contributed by atoms with E-state index in [0.717, 1.165) is 15.6 Å². The van der Waals surface area contributed by atoms with Gasteiger partial charge in [0.25, 0.3) is 0 Å². The van der Waals surface area contributed by atoms with Crippen molar-refractivity contribution in [2.75, 3.05) is 18.8 Å². The van der Waals surface area contributed by atoms with Crippen molar-refractivity contribution in [3.63, 3.8) is 0 Å². The highest BCUT2D eigenvalue weighted by atomic mass is 35.5. The number of fused-ring (bicyclic) bond motifs is 1. The van der Waals surface area contributed by atoms with Gasteiger partial charge in [-0.2, -0.15) is 0 Å². The summed E-state index contributed by atoms with van der Waals surface area (Å²) in [6.45, 7) is 2.75. The van der Waals surface area contributed by atoms with E-state index in [1.165, 1.54) is 11.3 Å². The zero-order valence-corrected chi connectivity index (χ0v) is 21.6. The molecule has 1 saturated heterocycles.